The van der Waals surface area contributed by atoms with Gasteiger partial charge in [-0.05, 0) is 43.2 Å². The molecule has 1 aromatic heterocycles. The van der Waals surface area contributed by atoms with Gasteiger partial charge < -0.3 is 0 Å². The van der Waals surface area contributed by atoms with E-state index >= 15 is 0 Å². The van der Waals surface area contributed by atoms with E-state index < -0.39 is 22.4 Å². The molecule has 3 aromatic carbocycles. The Kier molecular flexibility index (Phi) is 6.19. The number of hydrogen-bond donors (Lipinski definition) is 0. The van der Waals surface area contributed by atoms with Gasteiger partial charge in [-0.2, -0.15) is 0 Å². The number of hydrogen-bond acceptors (Lipinski definition) is 4. The zero-order valence-corrected chi connectivity index (χ0v) is 18.3. The third kappa shape index (κ3) is 4.21. The van der Waals surface area contributed by atoms with Gasteiger partial charge in [0, 0.05) is 11.6 Å². The first-order valence-electron chi connectivity index (χ1n) is 10.2. The molecule has 1 heterocycles. The molecular formula is C25H20F2N2O2S. The molecule has 0 spiro atoms. The first-order chi connectivity index (χ1) is 15.4. The van der Waals surface area contributed by atoms with Crippen molar-refractivity contribution in [3.8, 4) is 5.69 Å². The number of aryl methyl sites for hydroxylation is 1. The minimum atomic E-state index is -0.889. The number of ketones is 1. The van der Waals surface area contributed by atoms with Crippen LogP contribution in [0.15, 0.2) is 76.7 Å². The van der Waals surface area contributed by atoms with Gasteiger partial charge in [0.05, 0.1) is 21.8 Å². The SMILES string of the molecule is CCc1ccc(C(=O)C(C)Sc2nc3ccccc3c(=O)n2-c2ccc(F)cc2F)cc1. The van der Waals surface area contributed by atoms with E-state index in [4.69, 9.17) is 0 Å². The molecule has 0 aliphatic heterocycles. The summed E-state index contributed by atoms with van der Waals surface area (Å²) in [6.45, 7) is 3.75. The van der Waals surface area contributed by atoms with Gasteiger partial charge in [0.15, 0.2) is 10.9 Å². The topological polar surface area (TPSA) is 52.0 Å². The number of fused-ring (bicyclic) bond motifs is 1. The van der Waals surface area contributed by atoms with Crippen LogP contribution in [0.1, 0.15) is 29.8 Å². The van der Waals surface area contributed by atoms with Crippen molar-refractivity contribution in [3.63, 3.8) is 0 Å². The molecular weight excluding hydrogens is 430 g/mol. The summed E-state index contributed by atoms with van der Waals surface area (Å²) in [5.74, 6) is -1.77. The average molecular weight is 451 g/mol. The second kappa shape index (κ2) is 9.04. The lowest BCUT2D eigenvalue weighted by Gasteiger charge is -2.16. The molecule has 4 rings (SSSR count). The molecule has 7 heteroatoms. The van der Waals surface area contributed by atoms with Crippen molar-refractivity contribution in [1.82, 2.24) is 9.55 Å². The lowest BCUT2D eigenvalue weighted by atomic mass is 10.1. The fourth-order valence-electron chi connectivity index (χ4n) is 3.42. The number of aromatic nitrogens is 2. The van der Waals surface area contributed by atoms with Gasteiger partial charge in [-0.3, -0.25) is 14.2 Å². The minimum Gasteiger partial charge on any atom is -0.293 e. The van der Waals surface area contributed by atoms with Crippen molar-refractivity contribution in [2.24, 2.45) is 0 Å². The van der Waals surface area contributed by atoms with E-state index in [1.165, 1.54) is 6.07 Å². The number of carbonyl (C=O) groups excluding carboxylic acids is 1. The van der Waals surface area contributed by atoms with Gasteiger partial charge >= 0.3 is 0 Å². The highest BCUT2D eigenvalue weighted by atomic mass is 32.2. The Hall–Kier alpha value is -3.32. The Bertz CT molecular complexity index is 1370. The highest BCUT2D eigenvalue weighted by Crippen LogP contribution is 2.28. The van der Waals surface area contributed by atoms with Crippen molar-refractivity contribution in [3.05, 3.63) is 99.8 Å². The smallest absolute Gasteiger partial charge is 0.266 e. The van der Waals surface area contributed by atoms with Crippen molar-refractivity contribution in [2.75, 3.05) is 0 Å². The predicted molar refractivity (Wildman–Crippen MR) is 123 cm³/mol. The number of nitrogens with zero attached hydrogens (tertiary/aromatic N) is 2. The van der Waals surface area contributed by atoms with Crippen LogP contribution in [0.3, 0.4) is 0 Å². The third-order valence-electron chi connectivity index (χ3n) is 5.19. The molecule has 162 valence electrons. The van der Waals surface area contributed by atoms with Crippen molar-refractivity contribution in [2.45, 2.75) is 30.7 Å². The van der Waals surface area contributed by atoms with Gasteiger partial charge in [-0.15, -0.1) is 0 Å². The van der Waals surface area contributed by atoms with Crippen molar-refractivity contribution in [1.29, 1.82) is 0 Å². The molecule has 4 aromatic rings. The molecule has 0 fully saturated rings. The Morgan fingerprint density at radius 3 is 2.47 bits per heavy atom. The Labute approximate surface area is 187 Å². The zero-order chi connectivity index (χ0) is 22.8. The summed E-state index contributed by atoms with van der Waals surface area (Å²) in [6.07, 6.45) is 0.870. The number of para-hydroxylation sites is 1. The monoisotopic (exact) mass is 450 g/mol. The van der Waals surface area contributed by atoms with Crippen LogP contribution in [0.4, 0.5) is 8.78 Å². The molecule has 0 amide bonds. The Balaban J connectivity index is 1.80. The molecule has 0 N–H and O–H groups in total. The van der Waals surface area contributed by atoms with Gasteiger partial charge in [0.1, 0.15) is 11.6 Å². The highest BCUT2D eigenvalue weighted by Gasteiger charge is 2.22. The van der Waals surface area contributed by atoms with Gasteiger partial charge in [-0.1, -0.05) is 55.1 Å². The van der Waals surface area contributed by atoms with E-state index in [9.17, 15) is 18.4 Å². The minimum absolute atomic E-state index is 0.121. The maximum Gasteiger partial charge on any atom is 0.266 e. The molecule has 1 unspecified atom stereocenters. The Morgan fingerprint density at radius 2 is 1.78 bits per heavy atom. The van der Waals surface area contributed by atoms with Gasteiger partial charge in [0.2, 0.25) is 0 Å². The molecule has 0 radical (unpaired) electrons. The second-order valence-corrected chi connectivity index (χ2v) is 8.63. The fourth-order valence-corrected chi connectivity index (χ4v) is 4.41. The summed E-state index contributed by atoms with van der Waals surface area (Å²) in [5.41, 5.74) is 1.49. The van der Waals surface area contributed by atoms with E-state index in [0.29, 0.717) is 16.5 Å². The molecule has 0 aliphatic rings. The molecule has 0 bridgehead atoms. The van der Waals surface area contributed by atoms with Crippen LogP contribution in [-0.2, 0) is 6.42 Å². The molecule has 1 atom stereocenters. The van der Waals surface area contributed by atoms with E-state index in [1.807, 2.05) is 19.1 Å². The predicted octanol–water partition coefficient (Wildman–Crippen LogP) is 5.59. The van der Waals surface area contributed by atoms with Crippen LogP contribution in [0.2, 0.25) is 0 Å². The molecule has 0 saturated heterocycles. The number of Topliss-reactive ketones (excluding diaryl/α,β-unsaturated/α-hetero) is 1. The van der Waals surface area contributed by atoms with Crippen LogP contribution in [0, 0.1) is 11.6 Å². The fraction of sp³-hybridized carbons (Fsp3) is 0.160. The van der Waals surface area contributed by atoms with Crippen LogP contribution < -0.4 is 5.56 Å². The largest absolute Gasteiger partial charge is 0.293 e. The summed E-state index contributed by atoms with van der Waals surface area (Å²) >= 11 is 1.06. The van der Waals surface area contributed by atoms with Crippen LogP contribution in [0.25, 0.3) is 16.6 Å². The first-order valence-corrected chi connectivity index (χ1v) is 11.0. The number of halogens is 2. The number of rotatable bonds is 6. The van der Waals surface area contributed by atoms with Crippen LogP contribution >= 0.6 is 11.8 Å². The Morgan fingerprint density at radius 1 is 1.06 bits per heavy atom. The molecule has 4 nitrogen and oxygen atoms in total. The van der Waals surface area contributed by atoms with E-state index in [2.05, 4.69) is 4.98 Å². The summed E-state index contributed by atoms with van der Waals surface area (Å²) in [6, 6.07) is 17.1. The zero-order valence-electron chi connectivity index (χ0n) is 17.5. The van der Waals surface area contributed by atoms with Crippen molar-refractivity contribution >= 4 is 28.4 Å². The summed E-state index contributed by atoms with van der Waals surface area (Å²) < 4.78 is 29.2. The number of thioether (sulfide) groups is 1. The third-order valence-corrected chi connectivity index (χ3v) is 6.25. The summed E-state index contributed by atoms with van der Waals surface area (Å²) in [4.78, 5) is 30.8. The maximum absolute atomic E-state index is 14.6. The van der Waals surface area contributed by atoms with Crippen LogP contribution in [0.5, 0.6) is 0 Å². The van der Waals surface area contributed by atoms with Crippen molar-refractivity contribution < 1.29 is 13.6 Å². The normalized spacial score (nSPS) is 12.1. The molecule has 0 aliphatic carbocycles. The van der Waals surface area contributed by atoms with E-state index in [1.54, 1.807) is 43.3 Å². The van der Waals surface area contributed by atoms with E-state index in [0.717, 1.165) is 40.4 Å². The van der Waals surface area contributed by atoms with Crippen LogP contribution in [-0.4, -0.2) is 20.6 Å². The molecule has 0 saturated carbocycles. The highest BCUT2D eigenvalue weighted by molar-refractivity contribution is 8.00. The first kappa shape index (κ1) is 21.9. The maximum atomic E-state index is 14.6. The summed E-state index contributed by atoms with van der Waals surface area (Å²) in [7, 11) is 0. The quantitative estimate of drug-likeness (QED) is 0.218. The molecule has 32 heavy (non-hydrogen) atoms. The van der Waals surface area contributed by atoms with Gasteiger partial charge in [0.25, 0.3) is 5.56 Å². The number of carbonyl (C=O) groups is 1. The van der Waals surface area contributed by atoms with Gasteiger partial charge in [-0.25, -0.2) is 13.8 Å². The lowest BCUT2D eigenvalue weighted by molar-refractivity contribution is 0.0994. The average Bonchev–Trinajstić information content (AvgIpc) is 2.80. The standard InChI is InChI=1S/C25H20F2N2O2S/c1-3-16-8-10-17(11-9-16)23(30)15(2)32-25-28-21-7-5-4-6-19(21)24(31)29(25)22-13-12-18(26)14-20(22)27/h4-15H,3H2,1-2H3. The van der Waals surface area contributed by atoms with E-state index in [-0.39, 0.29) is 16.6 Å². The lowest BCUT2D eigenvalue weighted by Crippen LogP contribution is -2.24. The number of benzene rings is 3. The second-order valence-electron chi connectivity index (χ2n) is 7.32. The summed E-state index contributed by atoms with van der Waals surface area (Å²) in [5, 5.41) is -0.134.